The zero-order valence-corrected chi connectivity index (χ0v) is 12.1. The summed E-state index contributed by atoms with van der Waals surface area (Å²) in [4.78, 5) is 1.58. The lowest BCUT2D eigenvalue weighted by atomic mass is 9.95. The molecule has 3 nitrogen and oxygen atoms in total. The van der Waals surface area contributed by atoms with E-state index < -0.39 is 6.43 Å². The maximum atomic E-state index is 12.8. The van der Waals surface area contributed by atoms with Crippen molar-refractivity contribution >= 4 is 0 Å². The number of nitrogens with two attached hydrogens (primary N) is 1. The lowest BCUT2D eigenvalue weighted by molar-refractivity contribution is 0.0466. The Labute approximate surface area is 119 Å². The summed E-state index contributed by atoms with van der Waals surface area (Å²) in [7, 11) is 0. The SMILES string of the molecule is CCC(N)C(c1cccc(C)c1)N(CCO)CC(F)F. The summed E-state index contributed by atoms with van der Waals surface area (Å²) < 4.78 is 25.5. The van der Waals surface area contributed by atoms with Gasteiger partial charge in [0.2, 0.25) is 0 Å². The zero-order valence-electron chi connectivity index (χ0n) is 12.1. The molecule has 0 aromatic heterocycles. The van der Waals surface area contributed by atoms with Gasteiger partial charge in [-0.3, -0.25) is 4.90 Å². The van der Waals surface area contributed by atoms with Gasteiger partial charge in [0, 0.05) is 12.6 Å². The van der Waals surface area contributed by atoms with E-state index in [1.165, 1.54) is 0 Å². The van der Waals surface area contributed by atoms with Crippen molar-refractivity contribution in [3.8, 4) is 0 Å². The second kappa shape index (κ2) is 8.29. The van der Waals surface area contributed by atoms with Crippen LogP contribution in [-0.2, 0) is 0 Å². The fourth-order valence-corrected chi connectivity index (χ4v) is 2.46. The Morgan fingerprint density at radius 1 is 1.35 bits per heavy atom. The van der Waals surface area contributed by atoms with Crippen LogP contribution in [0.5, 0.6) is 0 Å². The lowest BCUT2D eigenvalue weighted by Gasteiger charge is -2.35. The van der Waals surface area contributed by atoms with Crippen LogP contribution in [-0.4, -0.2) is 42.2 Å². The molecule has 0 radical (unpaired) electrons. The van der Waals surface area contributed by atoms with Crippen LogP contribution in [0.3, 0.4) is 0 Å². The predicted molar refractivity (Wildman–Crippen MR) is 76.8 cm³/mol. The first-order valence-corrected chi connectivity index (χ1v) is 6.94. The van der Waals surface area contributed by atoms with Gasteiger partial charge in [-0.15, -0.1) is 0 Å². The van der Waals surface area contributed by atoms with Gasteiger partial charge in [-0.25, -0.2) is 8.78 Å². The molecule has 0 aliphatic carbocycles. The molecule has 5 heteroatoms. The molecular weight excluding hydrogens is 262 g/mol. The summed E-state index contributed by atoms with van der Waals surface area (Å²) in [5, 5.41) is 9.13. The van der Waals surface area contributed by atoms with Crippen LogP contribution in [0.25, 0.3) is 0 Å². The number of nitrogens with zero attached hydrogens (tertiary/aromatic N) is 1. The average Bonchev–Trinajstić information content (AvgIpc) is 2.38. The summed E-state index contributed by atoms with van der Waals surface area (Å²) in [6.45, 7) is 3.55. The van der Waals surface area contributed by atoms with Gasteiger partial charge in [0.1, 0.15) is 0 Å². The predicted octanol–water partition coefficient (Wildman–Crippen LogP) is 2.33. The van der Waals surface area contributed by atoms with Crippen LogP contribution < -0.4 is 5.73 Å². The Morgan fingerprint density at radius 2 is 2.05 bits per heavy atom. The van der Waals surface area contributed by atoms with E-state index in [1.54, 1.807) is 4.90 Å². The van der Waals surface area contributed by atoms with Gasteiger partial charge >= 0.3 is 0 Å². The smallest absolute Gasteiger partial charge is 0.251 e. The molecule has 0 bridgehead atoms. The summed E-state index contributed by atoms with van der Waals surface area (Å²) in [6, 6.07) is 7.18. The minimum Gasteiger partial charge on any atom is -0.395 e. The Morgan fingerprint density at radius 3 is 2.55 bits per heavy atom. The third-order valence-electron chi connectivity index (χ3n) is 3.41. The normalized spacial score (nSPS) is 14.8. The Hall–Kier alpha value is -1.04. The van der Waals surface area contributed by atoms with Crippen molar-refractivity contribution in [2.75, 3.05) is 19.7 Å². The van der Waals surface area contributed by atoms with Gasteiger partial charge in [-0.05, 0) is 18.9 Å². The molecule has 0 aliphatic rings. The fourth-order valence-electron chi connectivity index (χ4n) is 2.46. The molecule has 0 saturated heterocycles. The highest BCUT2D eigenvalue weighted by Gasteiger charge is 2.27. The number of aliphatic hydroxyl groups is 1. The van der Waals surface area contributed by atoms with Gasteiger partial charge in [0.15, 0.2) is 0 Å². The van der Waals surface area contributed by atoms with E-state index in [0.29, 0.717) is 6.42 Å². The molecule has 0 fully saturated rings. The maximum Gasteiger partial charge on any atom is 0.251 e. The Balaban J connectivity index is 3.08. The average molecular weight is 286 g/mol. The molecule has 0 heterocycles. The molecule has 2 unspecified atom stereocenters. The molecule has 1 aromatic carbocycles. The molecule has 2 atom stereocenters. The standard InChI is InChI=1S/C15H24F2N2O/c1-3-13(18)15(12-6-4-5-11(2)9-12)19(7-8-20)10-14(16)17/h4-6,9,13-15,20H,3,7-8,10,18H2,1-2H3. The van der Waals surface area contributed by atoms with Crippen LogP contribution in [0, 0.1) is 6.92 Å². The highest BCUT2D eigenvalue weighted by Crippen LogP contribution is 2.26. The molecule has 1 rings (SSSR count). The van der Waals surface area contributed by atoms with Gasteiger partial charge in [0.05, 0.1) is 19.2 Å². The number of benzene rings is 1. The van der Waals surface area contributed by atoms with Crippen molar-refractivity contribution in [3.63, 3.8) is 0 Å². The van der Waals surface area contributed by atoms with Crippen molar-refractivity contribution < 1.29 is 13.9 Å². The number of aliphatic hydroxyl groups excluding tert-OH is 1. The van der Waals surface area contributed by atoms with E-state index in [0.717, 1.165) is 11.1 Å². The van der Waals surface area contributed by atoms with E-state index in [4.69, 9.17) is 10.8 Å². The third-order valence-corrected chi connectivity index (χ3v) is 3.41. The summed E-state index contributed by atoms with van der Waals surface area (Å²) in [5.74, 6) is 0. The largest absolute Gasteiger partial charge is 0.395 e. The van der Waals surface area contributed by atoms with Crippen molar-refractivity contribution in [2.45, 2.75) is 38.8 Å². The van der Waals surface area contributed by atoms with Crippen LogP contribution in [0.4, 0.5) is 8.78 Å². The molecule has 0 spiro atoms. The first-order chi connectivity index (χ1) is 9.49. The molecule has 20 heavy (non-hydrogen) atoms. The van der Waals surface area contributed by atoms with Crippen molar-refractivity contribution in [3.05, 3.63) is 35.4 Å². The minimum atomic E-state index is -2.45. The molecule has 114 valence electrons. The van der Waals surface area contributed by atoms with Gasteiger partial charge in [-0.2, -0.15) is 0 Å². The summed E-state index contributed by atoms with van der Waals surface area (Å²) >= 11 is 0. The van der Waals surface area contributed by atoms with Crippen LogP contribution in [0.1, 0.15) is 30.5 Å². The number of halogens is 2. The first kappa shape index (κ1) is 17.0. The van der Waals surface area contributed by atoms with Gasteiger partial charge in [-0.1, -0.05) is 36.8 Å². The molecule has 0 aliphatic heterocycles. The second-order valence-corrected chi connectivity index (χ2v) is 5.04. The lowest BCUT2D eigenvalue weighted by Crippen LogP contribution is -2.44. The fraction of sp³-hybridized carbons (Fsp3) is 0.600. The highest BCUT2D eigenvalue weighted by atomic mass is 19.3. The molecule has 3 N–H and O–H groups in total. The quantitative estimate of drug-likeness (QED) is 0.771. The van der Waals surface area contributed by atoms with Crippen LogP contribution >= 0.6 is 0 Å². The molecule has 0 amide bonds. The van der Waals surface area contributed by atoms with Crippen molar-refractivity contribution in [1.29, 1.82) is 0 Å². The number of hydrogen-bond donors (Lipinski definition) is 2. The highest BCUT2D eigenvalue weighted by molar-refractivity contribution is 5.26. The van der Waals surface area contributed by atoms with Crippen LogP contribution in [0.2, 0.25) is 0 Å². The second-order valence-electron chi connectivity index (χ2n) is 5.04. The van der Waals surface area contributed by atoms with E-state index in [-0.39, 0.29) is 31.8 Å². The first-order valence-electron chi connectivity index (χ1n) is 6.94. The zero-order chi connectivity index (χ0) is 15.1. The van der Waals surface area contributed by atoms with Crippen LogP contribution in [0.15, 0.2) is 24.3 Å². The topological polar surface area (TPSA) is 49.5 Å². The Kier molecular flexibility index (Phi) is 7.05. The molecule has 1 aromatic rings. The summed E-state index contributed by atoms with van der Waals surface area (Å²) in [6.07, 6.45) is -1.76. The van der Waals surface area contributed by atoms with Gasteiger partial charge < -0.3 is 10.8 Å². The number of aryl methyl sites for hydroxylation is 1. The number of hydrogen-bond acceptors (Lipinski definition) is 3. The molecular formula is C15H24F2N2O. The van der Waals surface area contributed by atoms with Gasteiger partial charge in [0.25, 0.3) is 6.43 Å². The van der Waals surface area contributed by atoms with E-state index >= 15 is 0 Å². The number of rotatable bonds is 8. The molecule has 0 saturated carbocycles. The van der Waals surface area contributed by atoms with Crippen molar-refractivity contribution in [2.24, 2.45) is 5.73 Å². The number of alkyl halides is 2. The van der Waals surface area contributed by atoms with E-state index in [1.807, 2.05) is 38.1 Å². The monoisotopic (exact) mass is 286 g/mol. The Bertz CT molecular complexity index is 401. The summed E-state index contributed by atoms with van der Waals surface area (Å²) in [5.41, 5.74) is 8.13. The third kappa shape index (κ3) is 4.81. The van der Waals surface area contributed by atoms with Crippen molar-refractivity contribution in [1.82, 2.24) is 4.90 Å². The minimum absolute atomic E-state index is 0.161. The van der Waals surface area contributed by atoms with E-state index in [9.17, 15) is 8.78 Å². The maximum absolute atomic E-state index is 12.8. The van der Waals surface area contributed by atoms with E-state index in [2.05, 4.69) is 0 Å².